The molecule has 0 unspecified atom stereocenters. The molecule has 0 radical (unpaired) electrons. The van der Waals surface area contributed by atoms with Crippen LogP contribution in [0, 0.1) is 13.8 Å². The molecule has 0 spiro atoms. The van der Waals surface area contributed by atoms with Gasteiger partial charge >= 0.3 is 0 Å². The molecule has 2 rings (SSSR count). The van der Waals surface area contributed by atoms with Crippen LogP contribution >= 0.6 is 27.7 Å². The van der Waals surface area contributed by atoms with Crippen LogP contribution in [0.5, 0.6) is 0 Å². The number of rotatable bonds is 3. The SMILES string of the molecule is Cc1nc(Sc2cc(Br)ccc2CN)oc1C. The van der Waals surface area contributed by atoms with E-state index in [9.17, 15) is 0 Å². The van der Waals surface area contributed by atoms with E-state index >= 15 is 0 Å². The topological polar surface area (TPSA) is 52.0 Å². The number of hydrogen-bond acceptors (Lipinski definition) is 4. The van der Waals surface area contributed by atoms with E-state index in [2.05, 4.69) is 20.9 Å². The highest BCUT2D eigenvalue weighted by molar-refractivity contribution is 9.10. The molecule has 0 amide bonds. The first kappa shape index (κ1) is 12.7. The van der Waals surface area contributed by atoms with Crippen LogP contribution in [0.1, 0.15) is 17.0 Å². The monoisotopic (exact) mass is 312 g/mol. The first-order valence-corrected chi connectivity index (χ1v) is 6.81. The van der Waals surface area contributed by atoms with Gasteiger partial charge in [0.1, 0.15) is 5.76 Å². The molecule has 0 aliphatic carbocycles. The second-order valence-electron chi connectivity index (χ2n) is 3.68. The van der Waals surface area contributed by atoms with Crippen molar-refractivity contribution in [2.24, 2.45) is 5.73 Å². The normalized spacial score (nSPS) is 10.8. The average Bonchev–Trinajstić information content (AvgIpc) is 2.58. The summed E-state index contributed by atoms with van der Waals surface area (Å²) < 4.78 is 6.58. The number of nitrogens with two attached hydrogens (primary N) is 1. The van der Waals surface area contributed by atoms with Gasteiger partial charge < -0.3 is 10.2 Å². The fourth-order valence-electron chi connectivity index (χ4n) is 1.37. The molecule has 5 heteroatoms. The highest BCUT2D eigenvalue weighted by Crippen LogP contribution is 2.32. The zero-order chi connectivity index (χ0) is 12.4. The van der Waals surface area contributed by atoms with Crippen molar-refractivity contribution in [3.63, 3.8) is 0 Å². The van der Waals surface area contributed by atoms with E-state index in [0.717, 1.165) is 26.4 Å². The highest BCUT2D eigenvalue weighted by Gasteiger charge is 2.10. The number of halogens is 1. The standard InChI is InChI=1S/C12H13BrN2OS/c1-7-8(2)16-12(15-7)17-11-5-10(13)4-3-9(11)6-14/h3-5H,6,14H2,1-2H3. The van der Waals surface area contributed by atoms with Crippen molar-refractivity contribution in [1.82, 2.24) is 4.98 Å². The lowest BCUT2D eigenvalue weighted by Gasteiger charge is -2.05. The Morgan fingerprint density at radius 2 is 2.18 bits per heavy atom. The van der Waals surface area contributed by atoms with Crippen LogP contribution in [-0.4, -0.2) is 4.98 Å². The first-order valence-electron chi connectivity index (χ1n) is 5.20. The van der Waals surface area contributed by atoms with Crippen molar-refractivity contribution in [3.8, 4) is 0 Å². The van der Waals surface area contributed by atoms with Gasteiger partial charge in [-0.2, -0.15) is 0 Å². The van der Waals surface area contributed by atoms with Crippen LogP contribution in [0.2, 0.25) is 0 Å². The average molecular weight is 313 g/mol. The molecular formula is C12H13BrN2OS. The van der Waals surface area contributed by atoms with Crippen molar-refractivity contribution < 1.29 is 4.42 Å². The Balaban J connectivity index is 2.31. The molecule has 0 atom stereocenters. The summed E-state index contributed by atoms with van der Waals surface area (Å²) in [5, 5.41) is 0.660. The molecule has 0 saturated carbocycles. The molecule has 0 fully saturated rings. The number of benzene rings is 1. The van der Waals surface area contributed by atoms with E-state index in [-0.39, 0.29) is 0 Å². The van der Waals surface area contributed by atoms with Crippen LogP contribution in [0.25, 0.3) is 0 Å². The Morgan fingerprint density at radius 3 is 2.76 bits per heavy atom. The lowest BCUT2D eigenvalue weighted by Crippen LogP contribution is -1.98. The minimum Gasteiger partial charge on any atom is -0.436 e. The molecule has 2 aromatic rings. The Labute approximate surface area is 113 Å². The number of nitrogens with zero attached hydrogens (tertiary/aromatic N) is 1. The predicted octanol–water partition coefficient (Wildman–Crippen LogP) is 3.66. The van der Waals surface area contributed by atoms with E-state index < -0.39 is 0 Å². The van der Waals surface area contributed by atoms with Crippen molar-refractivity contribution in [2.45, 2.75) is 30.5 Å². The van der Waals surface area contributed by atoms with Crippen molar-refractivity contribution >= 4 is 27.7 Å². The van der Waals surface area contributed by atoms with E-state index in [0.29, 0.717) is 11.8 Å². The van der Waals surface area contributed by atoms with Gasteiger partial charge in [0.2, 0.25) is 0 Å². The molecule has 1 aromatic carbocycles. The maximum absolute atomic E-state index is 5.71. The van der Waals surface area contributed by atoms with Gasteiger partial charge in [-0.3, -0.25) is 0 Å². The minimum atomic E-state index is 0.508. The Bertz CT molecular complexity index is 520. The first-order chi connectivity index (χ1) is 8.10. The number of aryl methyl sites for hydroxylation is 2. The Hall–Kier alpha value is -0.780. The predicted molar refractivity (Wildman–Crippen MR) is 72.1 cm³/mol. The molecule has 2 N–H and O–H groups in total. The second-order valence-corrected chi connectivity index (χ2v) is 5.59. The summed E-state index contributed by atoms with van der Waals surface area (Å²) in [5.41, 5.74) is 7.73. The third-order valence-corrected chi connectivity index (χ3v) is 3.90. The van der Waals surface area contributed by atoms with E-state index in [1.807, 2.05) is 32.0 Å². The number of hydrogen-bond donors (Lipinski definition) is 1. The molecular weight excluding hydrogens is 300 g/mol. The van der Waals surface area contributed by atoms with E-state index in [4.69, 9.17) is 10.2 Å². The number of oxazole rings is 1. The third-order valence-electron chi connectivity index (χ3n) is 2.46. The summed E-state index contributed by atoms with van der Waals surface area (Å²) in [7, 11) is 0. The Kier molecular flexibility index (Phi) is 3.91. The maximum Gasteiger partial charge on any atom is 0.261 e. The van der Waals surface area contributed by atoms with Gasteiger partial charge in [-0.1, -0.05) is 22.0 Å². The fraction of sp³-hybridized carbons (Fsp3) is 0.250. The Morgan fingerprint density at radius 1 is 1.41 bits per heavy atom. The molecule has 0 aliphatic rings. The molecule has 1 aromatic heterocycles. The molecule has 3 nitrogen and oxygen atoms in total. The van der Waals surface area contributed by atoms with Crippen LogP contribution in [0.4, 0.5) is 0 Å². The molecule has 90 valence electrons. The largest absolute Gasteiger partial charge is 0.436 e. The summed E-state index contributed by atoms with van der Waals surface area (Å²) in [6.45, 7) is 4.36. The van der Waals surface area contributed by atoms with Gasteiger partial charge in [0.05, 0.1) is 5.69 Å². The lowest BCUT2D eigenvalue weighted by molar-refractivity contribution is 0.431. The smallest absolute Gasteiger partial charge is 0.261 e. The molecule has 0 aliphatic heterocycles. The molecule has 1 heterocycles. The van der Waals surface area contributed by atoms with Crippen LogP contribution in [0.3, 0.4) is 0 Å². The zero-order valence-corrected chi connectivity index (χ0v) is 12.1. The summed E-state index contributed by atoms with van der Waals surface area (Å²) in [4.78, 5) is 5.42. The second kappa shape index (κ2) is 5.25. The molecule has 0 bridgehead atoms. The van der Waals surface area contributed by atoms with E-state index in [1.165, 1.54) is 11.8 Å². The maximum atomic E-state index is 5.71. The zero-order valence-electron chi connectivity index (χ0n) is 9.66. The van der Waals surface area contributed by atoms with Gasteiger partial charge in [0, 0.05) is 15.9 Å². The summed E-state index contributed by atoms with van der Waals surface area (Å²) >= 11 is 4.95. The summed E-state index contributed by atoms with van der Waals surface area (Å²) in [6, 6.07) is 6.02. The van der Waals surface area contributed by atoms with Gasteiger partial charge in [-0.25, -0.2) is 4.98 Å². The fourth-order valence-corrected chi connectivity index (χ4v) is 2.89. The lowest BCUT2D eigenvalue weighted by atomic mass is 10.2. The minimum absolute atomic E-state index is 0.508. The number of aromatic nitrogens is 1. The van der Waals surface area contributed by atoms with Crippen molar-refractivity contribution in [1.29, 1.82) is 0 Å². The van der Waals surface area contributed by atoms with Gasteiger partial charge in [-0.15, -0.1) is 0 Å². The van der Waals surface area contributed by atoms with E-state index in [1.54, 1.807) is 0 Å². The molecule has 17 heavy (non-hydrogen) atoms. The van der Waals surface area contributed by atoms with Crippen LogP contribution in [-0.2, 0) is 6.54 Å². The summed E-state index contributed by atoms with van der Waals surface area (Å²) in [5.74, 6) is 0.858. The van der Waals surface area contributed by atoms with Gasteiger partial charge in [-0.05, 0) is 43.3 Å². The van der Waals surface area contributed by atoms with Crippen LogP contribution < -0.4 is 5.73 Å². The van der Waals surface area contributed by atoms with Gasteiger partial charge in [0.15, 0.2) is 0 Å². The molecule has 0 saturated heterocycles. The van der Waals surface area contributed by atoms with Crippen molar-refractivity contribution in [3.05, 3.63) is 39.7 Å². The van der Waals surface area contributed by atoms with Crippen molar-refractivity contribution in [2.75, 3.05) is 0 Å². The highest BCUT2D eigenvalue weighted by atomic mass is 79.9. The third kappa shape index (κ3) is 2.91. The quantitative estimate of drug-likeness (QED) is 0.939. The van der Waals surface area contributed by atoms with Gasteiger partial charge in [0.25, 0.3) is 5.22 Å². The summed E-state index contributed by atoms with van der Waals surface area (Å²) in [6.07, 6.45) is 0. The van der Waals surface area contributed by atoms with Crippen LogP contribution in [0.15, 0.2) is 37.2 Å².